The molecule has 1 aromatic rings. The molecule has 7 heteroatoms. The smallest absolute Gasteiger partial charge is 0.233 e. The first kappa shape index (κ1) is 21.1. The van der Waals surface area contributed by atoms with E-state index in [1.54, 1.807) is 19.1 Å². The average molecular weight is 402 g/mol. The Hall–Kier alpha value is -2.57. The van der Waals surface area contributed by atoms with E-state index in [1.807, 2.05) is 25.1 Å². The van der Waals surface area contributed by atoms with E-state index < -0.39 is 0 Å². The lowest BCUT2D eigenvalue weighted by atomic mass is 9.81. The highest BCUT2D eigenvalue weighted by Gasteiger charge is 2.47. The van der Waals surface area contributed by atoms with Gasteiger partial charge in [-0.1, -0.05) is 18.9 Å². The fourth-order valence-corrected chi connectivity index (χ4v) is 4.39. The van der Waals surface area contributed by atoms with Gasteiger partial charge >= 0.3 is 0 Å². The molecule has 0 unspecified atom stereocenters. The number of hydrogen-bond acceptors (Lipinski definition) is 5. The molecule has 1 saturated heterocycles. The summed E-state index contributed by atoms with van der Waals surface area (Å²) in [7, 11) is 3.16. The van der Waals surface area contributed by atoms with Gasteiger partial charge in [-0.15, -0.1) is 0 Å². The van der Waals surface area contributed by atoms with Crippen molar-refractivity contribution in [1.82, 2.24) is 9.80 Å². The lowest BCUT2D eigenvalue weighted by Crippen LogP contribution is -2.37. The first-order valence-corrected chi connectivity index (χ1v) is 10.3. The van der Waals surface area contributed by atoms with E-state index in [2.05, 4.69) is 0 Å². The fourth-order valence-electron chi connectivity index (χ4n) is 4.39. The minimum absolute atomic E-state index is 0.0715. The number of imide groups is 1. The molecular formula is C22H30N2O5. The van der Waals surface area contributed by atoms with Gasteiger partial charge in [0, 0.05) is 26.1 Å². The van der Waals surface area contributed by atoms with Gasteiger partial charge < -0.3 is 14.4 Å². The monoisotopic (exact) mass is 402 g/mol. The zero-order valence-corrected chi connectivity index (χ0v) is 17.5. The third-order valence-electron chi connectivity index (χ3n) is 6.04. The topological polar surface area (TPSA) is 76.2 Å². The molecule has 7 nitrogen and oxygen atoms in total. The number of rotatable bonds is 8. The number of carbonyl (C=O) groups excluding carboxylic acids is 3. The van der Waals surface area contributed by atoms with Crippen LogP contribution < -0.4 is 9.47 Å². The van der Waals surface area contributed by atoms with Gasteiger partial charge in [0.05, 0.1) is 26.1 Å². The SMILES string of the molecule is CCN(Cc1ccc(OC)c(OC)c1)C(=O)CCN1C(=O)[C@@H]2CCCC[C@H]2C1=O. The lowest BCUT2D eigenvalue weighted by molar-refractivity contribution is -0.141. The van der Waals surface area contributed by atoms with Crippen LogP contribution in [-0.2, 0) is 20.9 Å². The van der Waals surface area contributed by atoms with Crippen molar-refractivity contribution in [3.05, 3.63) is 23.8 Å². The third-order valence-corrected chi connectivity index (χ3v) is 6.04. The highest BCUT2D eigenvalue weighted by atomic mass is 16.5. The summed E-state index contributed by atoms with van der Waals surface area (Å²) in [6.45, 7) is 3.06. The van der Waals surface area contributed by atoms with Gasteiger partial charge in [0.1, 0.15) is 0 Å². The highest BCUT2D eigenvalue weighted by molar-refractivity contribution is 6.05. The van der Waals surface area contributed by atoms with Gasteiger partial charge in [0.2, 0.25) is 17.7 Å². The highest BCUT2D eigenvalue weighted by Crippen LogP contribution is 2.38. The van der Waals surface area contributed by atoms with Crippen LogP contribution in [0.1, 0.15) is 44.6 Å². The Morgan fingerprint density at radius 1 is 1.07 bits per heavy atom. The zero-order valence-electron chi connectivity index (χ0n) is 17.5. The number of nitrogens with zero attached hydrogens (tertiary/aromatic N) is 2. The first-order valence-electron chi connectivity index (χ1n) is 10.3. The summed E-state index contributed by atoms with van der Waals surface area (Å²) in [5, 5.41) is 0. The molecule has 1 aliphatic heterocycles. The number of amides is 3. The Balaban J connectivity index is 1.60. The fraction of sp³-hybridized carbons (Fsp3) is 0.591. The number of hydrogen-bond donors (Lipinski definition) is 0. The maximum Gasteiger partial charge on any atom is 0.233 e. The number of benzene rings is 1. The normalized spacial score (nSPS) is 21.1. The summed E-state index contributed by atoms with van der Waals surface area (Å²) in [5.74, 6) is 0.673. The van der Waals surface area contributed by atoms with E-state index in [4.69, 9.17) is 9.47 Å². The quantitative estimate of drug-likeness (QED) is 0.625. The van der Waals surface area contributed by atoms with E-state index in [1.165, 1.54) is 4.90 Å². The average Bonchev–Trinajstić information content (AvgIpc) is 3.00. The van der Waals surface area contributed by atoms with Crippen molar-refractivity contribution in [3.8, 4) is 11.5 Å². The Bertz CT molecular complexity index is 754. The molecule has 29 heavy (non-hydrogen) atoms. The van der Waals surface area contributed by atoms with E-state index in [0.29, 0.717) is 24.6 Å². The van der Waals surface area contributed by atoms with Crippen molar-refractivity contribution in [2.45, 2.75) is 45.6 Å². The molecule has 0 bridgehead atoms. The Kier molecular flexibility index (Phi) is 6.77. The molecule has 158 valence electrons. The summed E-state index contributed by atoms with van der Waals surface area (Å²) in [6.07, 6.45) is 3.74. The molecule has 0 N–H and O–H groups in total. The van der Waals surface area contributed by atoms with Gasteiger partial charge in [0.15, 0.2) is 11.5 Å². The number of carbonyl (C=O) groups is 3. The van der Waals surface area contributed by atoms with Crippen LogP contribution in [0.4, 0.5) is 0 Å². The molecule has 3 amide bonds. The van der Waals surface area contributed by atoms with Gasteiger partial charge in [-0.3, -0.25) is 19.3 Å². The molecule has 0 radical (unpaired) electrons. The zero-order chi connectivity index (χ0) is 21.0. The molecule has 2 aliphatic rings. The Morgan fingerprint density at radius 3 is 2.24 bits per heavy atom. The predicted molar refractivity (Wildman–Crippen MR) is 107 cm³/mol. The molecule has 1 saturated carbocycles. The van der Waals surface area contributed by atoms with Crippen LogP contribution in [0.15, 0.2) is 18.2 Å². The minimum Gasteiger partial charge on any atom is -0.493 e. The molecule has 1 aromatic carbocycles. The number of fused-ring (bicyclic) bond motifs is 1. The van der Waals surface area contributed by atoms with Crippen LogP contribution in [0, 0.1) is 11.8 Å². The number of ether oxygens (including phenoxy) is 2. The van der Waals surface area contributed by atoms with Crippen molar-refractivity contribution in [2.75, 3.05) is 27.3 Å². The predicted octanol–water partition coefficient (Wildman–Crippen LogP) is 2.62. The second-order valence-corrected chi connectivity index (χ2v) is 7.67. The molecule has 2 atom stereocenters. The van der Waals surface area contributed by atoms with Crippen molar-refractivity contribution < 1.29 is 23.9 Å². The van der Waals surface area contributed by atoms with E-state index in [0.717, 1.165) is 31.2 Å². The number of likely N-dealkylation sites (tertiary alicyclic amines) is 1. The van der Waals surface area contributed by atoms with Crippen molar-refractivity contribution >= 4 is 17.7 Å². The van der Waals surface area contributed by atoms with E-state index in [9.17, 15) is 14.4 Å². The second kappa shape index (κ2) is 9.29. The van der Waals surface area contributed by atoms with Crippen molar-refractivity contribution in [1.29, 1.82) is 0 Å². The second-order valence-electron chi connectivity index (χ2n) is 7.67. The summed E-state index contributed by atoms with van der Waals surface area (Å²) >= 11 is 0. The standard InChI is InChI=1S/C22H30N2O5/c1-4-23(14-15-9-10-18(28-2)19(13-15)29-3)20(25)11-12-24-21(26)16-7-5-6-8-17(16)22(24)27/h9-10,13,16-17H,4-8,11-12,14H2,1-3H3/t16-,17-/m1/s1. The lowest BCUT2D eigenvalue weighted by Gasteiger charge is -2.23. The molecule has 1 heterocycles. The molecule has 0 spiro atoms. The van der Waals surface area contributed by atoms with E-state index >= 15 is 0 Å². The maximum atomic E-state index is 12.8. The molecule has 3 rings (SSSR count). The Morgan fingerprint density at radius 2 is 1.69 bits per heavy atom. The van der Waals surface area contributed by atoms with Crippen LogP contribution >= 0.6 is 0 Å². The molecule has 1 aliphatic carbocycles. The van der Waals surface area contributed by atoms with Crippen LogP contribution in [0.3, 0.4) is 0 Å². The summed E-state index contributed by atoms with van der Waals surface area (Å²) < 4.78 is 10.6. The minimum atomic E-state index is -0.166. The number of methoxy groups -OCH3 is 2. The van der Waals surface area contributed by atoms with E-state index in [-0.39, 0.29) is 42.5 Å². The van der Waals surface area contributed by atoms with Crippen LogP contribution in [0.5, 0.6) is 11.5 Å². The van der Waals surface area contributed by atoms with Crippen molar-refractivity contribution in [2.24, 2.45) is 11.8 Å². The summed E-state index contributed by atoms with van der Waals surface area (Å²) in [4.78, 5) is 41.0. The maximum absolute atomic E-state index is 12.8. The van der Waals surface area contributed by atoms with Gasteiger partial charge in [-0.25, -0.2) is 0 Å². The Labute approximate surface area is 171 Å². The summed E-state index contributed by atoms with van der Waals surface area (Å²) in [5.41, 5.74) is 0.928. The van der Waals surface area contributed by atoms with Crippen LogP contribution in [0.25, 0.3) is 0 Å². The van der Waals surface area contributed by atoms with Crippen molar-refractivity contribution in [3.63, 3.8) is 0 Å². The van der Waals surface area contributed by atoms with Crippen LogP contribution in [0.2, 0.25) is 0 Å². The summed E-state index contributed by atoms with van der Waals surface area (Å²) in [6, 6.07) is 5.57. The van der Waals surface area contributed by atoms with Gasteiger partial charge in [-0.2, -0.15) is 0 Å². The van der Waals surface area contributed by atoms with Gasteiger partial charge in [-0.05, 0) is 37.5 Å². The molecule has 2 fully saturated rings. The molecule has 0 aromatic heterocycles. The largest absolute Gasteiger partial charge is 0.493 e. The van der Waals surface area contributed by atoms with Gasteiger partial charge in [0.25, 0.3) is 0 Å². The first-order chi connectivity index (χ1) is 14.0. The molecular weight excluding hydrogens is 372 g/mol. The third kappa shape index (κ3) is 4.38. The van der Waals surface area contributed by atoms with Crippen LogP contribution in [-0.4, -0.2) is 54.8 Å².